The number of benzene rings is 2. The van der Waals surface area contributed by atoms with Crippen LogP contribution in [0.15, 0.2) is 53.5 Å². The van der Waals surface area contributed by atoms with Gasteiger partial charge >= 0.3 is 0 Å². The summed E-state index contributed by atoms with van der Waals surface area (Å²) in [5.74, 6) is -0.0868. The minimum absolute atomic E-state index is 0.0868. The summed E-state index contributed by atoms with van der Waals surface area (Å²) in [6.45, 7) is 10.1. The maximum atomic E-state index is 12.8. The van der Waals surface area contributed by atoms with E-state index in [1.54, 1.807) is 13.2 Å². The van der Waals surface area contributed by atoms with Crippen LogP contribution < -0.4 is 15.8 Å². The third-order valence-electron chi connectivity index (χ3n) is 7.22. The van der Waals surface area contributed by atoms with Crippen molar-refractivity contribution >= 4 is 33.4 Å². The van der Waals surface area contributed by atoms with E-state index >= 15 is 0 Å². The fraction of sp³-hybridized carbons (Fsp3) is 0.393. The molecular formula is C28H34N6O2. The largest absolute Gasteiger partial charge is 0.369 e. The lowest BCUT2D eigenvalue weighted by Crippen LogP contribution is -2.47. The lowest BCUT2D eigenvalue weighted by Gasteiger charge is -2.37. The SMILES string of the molecule is Cc1ccc(C)c(N2CCN(CCCNC(=O)Cn3c4ccccc4c4cnn(C)c(=O)c43)CC2)c1. The van der Waals surface area contributed by atoms with Gasteiger partial charge in [0.25, 0.3) is 5.56 Å². The van der Waals surface area contributed by atoms with Crippen molar-refractivity contribution in [3.05, 3.63) is 70.1 Å². The van der Waals surface area contributed by atoms with Gasteiger partial charge in [-0.1, -0.05) is 30.3 Å². The molecule has 0 radical (unpaired) electrons. The molecule has 5 rings (SSSR count). The Kier molecular flexibility index (Phi) is 6.78. The van der Waals surface area contributed by atoms with Crippen molar-refractivity contribution in [1.82, 2.24) is 24.6 Å². The van der Waals surface area contributed by atoms with Crippen LogP contribution in [0.2, 0.25) is 0 Å². The van der Waals surface area contributed by atoms with E-state index in [2.05, 4.69) is 52.3 Å². The molecule has 1 aliphatic rings. The second-order valence-corrected chi connectivity index (χ2v) is 9.76. The average Bonchev–Trinajstić information content (AvgIpc) is 3.20. The van der Waals surface area contributed by atoms with E-state index in [0.717, 1.165) is 55.4 Å². The highest BCUT2D eigenvalue weighted by molar-refractivity contribution is 6.07. The number of anilines is 1. The zero-order valence-corrected chi connectivity index (χ0v) is 21.3. The first-order valence-electron chi connectivity index (χ1n) is 12.7. The van der Waals surface area contributed by atoms with Crippen molar-refractivity contribution in [2.45, 2.75) is 26.8 Å². The lowest BCUT2D eigenvalue weighted by molar-refractivity contribution is -0.121. The summed E-state index contributed by atoms with van der Waals surface area (Å²) in [6, 6.07) is 14.4. The van der Waals surface area contributed by atoms with E-state index in [-0.39, 0.29) is 18.0 Å². The molecule has 0 saturated carbocycles. The van der Waals surface area contributed by atoms with Gasteiger partial charge in [0.2, 0.25) is 5.91 Å². The van der Waals surface area contributed by atoms with E-state index in [0.29, 0.717) is 12.1 Å². The number of piperazine rings is 1. The molecule has 36 heavy (non-hydrogen) atoms. The Labute approximate surface area is 211 Å². The molecule has 1 N–H and O–H groups in total. The summed E-state index contributed by atoms with van der Waals surface area (Å²) >= 11 is 0. The van der Waals surface area contributed by atoms with Crippen LogP contribution in [0.5, 0.6) is 0 Å². The van der Waals surface area contributed by atoms with Gasteiger partial charge in [0.15, 0.2) is 0 Å². The Balaban J connectivity index is 1.15. The van der Waals surface area contributed by atoms with Gasteiger partial charge in [0.05, 0.1) is 6.20 Å². The molecule has 2 aromatic heterocycles. The number of amides is 1. The average molecular weight is 487 g/mol. The number of aryl methyl sites for hydroxylation is 3. The smallest absolute Gasteiger partial charge is 0.291 e. The summed E-state index contributed by atoms with van der Waals surface area (Å²) in [7, 11) is 1.63. The van der Waals surface area contributed by atoms with E-state index in [9.17, 15) is 9.59 Å². The van der Waals surface area contributed by atoms with Crippen molar-refractivity contribution in [2.24, 2.45) is 7.05 Å². The first-order valence-corrected chi connectivity index (χ1v) is 12.7. The van der Waals surface area contributed by atoms with Crippen molar-refractivity contribution in [3.8, 4) is 0 Å². The third kappa shape index (κ3) is 4.73. The standard InChI is InChI=1S/C28H34N6O2/c1-20-9-10-21(2)25(17-20)33-15-13-32(14-16-33)12-6-11-29-26(35)19-34-24-8-5-4-7-22(24)23-18-30-31(3)28(36)27(23)34/h4-5,7-10,17-18H,6,11-16,19H2,1-3H3,(H,29,35). The van der Waals surface area contributed by atoms with Crippen molar-refractivity contribution in [2.75, 3.05) is 44.2 Å². The maximum Gasteiger partial charge on any atom is 0.291 e. The van der Waals surface area contributed by atoms with Crippen molar-refractivity contribution in [1.29, 1.82) is 0 Å². The molecule has 0 unspecified atom stereocenters. The number of fused-ring (bicyclic) bond motifs is 3. The molecule has 0 aliphatic carbocycles. The first kappa shape index (κ1) is 24.1. The van der Waals surface area contributed by atoms with Crippen molar-refractivity contribution in [3.63, 3.8) is 0 Å². The lowest BCUT2D eigenvalue weighted by atomic mass is 10.1. The number of hydrogen-bond donors (Lipinski definition) is 1. The Morgan fingerprint density at radius 3 is 2.61 bits per heavy atom. The van der Waals surface area contributed by atoms with Crippen LogP contribution >= 0.6 is 0 Å². The molecule has 2 aromatic carbocycles. The molecule has 3 heterocycles. The highest BCUT2D eigenvalue weighted by Gasteiger charge is 2.19. The van der Waals surface area contributed by atoms with Crippen LogP contribution in [-0.2, 0) is 18.4 Å². The fourth-order valence-corrected chi connectivity index (χ4v) is 5.21. The molecule has 1 saturated heterocycles. The van der Waals surface area contributed by atoms with Gasteiger partial charge in [0.1, 0.15) is 12.1 Å². The van der Waals surface area contributed by atoms with E-state index < -0.39 is 0 Å². The van der Waals surface area contributed by atoms with Gasteiger partial charge < -0.3 is 14.8 Å². The summed E-state index contributed by atoms with van der Waals surface area (Å²) in [5.41, 5.74) is 5.16. The van der Waals surface area contributed by atoms with E-state index in [1.165, 1.54) is 21.5 Å². The monoisotopic (exact) mass is 486 g/mol. The Hall–Kier alpha value is -3.65. The molecule has 188 valence electrons. The van der Waals surface area contributed by atoms with Gasteiger partial charge in [0, 0.05) is 61.7 Å². The number of hydrogen-bond acceptors (Lipinski definition) is 5. The number of carbonyl (C=O) groups is 1. The molecule has 8 nitrogen and oxygen atoms in total. The molecule has 1 aliphatic heterocycles. The summed E-state index contributed by atoms with van der Waals surface area (Å²) in [5, 5.41) is 8.93. The quantitative estimate of drug-likeness (QED) is 0.407. The van der Waals surface area contributed by atoms with Crippen LogP contribution in [0, 0.1) is 13.8 Å². The van der Waals surface area contributed by atoms with Gasteiger partial charge in [-0.3, -0.25) is 14.5 Å². The Morgan fingerprint density at radius 2 is 1.81 bits per heavy atom. The predicted molar refractivity (Wildman–Crippen MR) is 145 cm³/mol. The highest BCUT2D eigenvalue weighted by Crippen LogP contribution is 2.26. The maximum absolute atomic E-state index is 12.8. The zero-order valence-electron chi connectivity index (χ0n) is 21.3. The first-order chi connectivity index (χ1) is 17.4. The minimum atomic E-state index is -0.198. The van der Waals surface area contributed by atoms with Crippen molar-refractivity contribution < 1.29 is 4.79 Å². The van der Waals surface area contributed by atoms with Crippen LogP contribution in [0.1, 0.15) is 17.5 Å². The molecular weight excluding hydrogens is 452 g/mol. The van der Waals surface area contributed by atoms with Crippen LogP contribution in [0.4, 0.5) is 5.69 Å². The van der Waals surface area contributed by atoms with Gasteiger partial charge in [-0.05, 0) is 50.1 Å². The fourth-order valence-electron chi connectivity index (χ4n) is 5.21. The van der Waals surface area contributed by atoms with Crippen LogP contribution in [-0.4, -0.2) is 64.4 Å². The molecule has 0 atom stereocenters. The number of nitrogens with one attached hydrogen (secondary N) is 1. The van der Waals surface area contributed by atoms with Gasteiger partial charge in [-0.25, -0.2) is 4.68 Å². The normalized spacial score (nSPS) is 14.6. The molecule has 1 fully saturated rings. The highest BCUT2D eigenvalue weighted by atomic mass is 16.2. The number of rotatable bonds is 7. The van der Waals surface area contributed by atoms with Crippen LogP contribution in [0.3, 0.4) is 0 Å². The van der Waals surface area contributed by atoms with Crippen LogP contribution in [0.25, 0.3) is 21.8 Å². The summed E-state index contributed by atoms with van der Waals surface area (Å²) in [4.78, 5) is 30.6. The van der Waals surface area contributed by atoms with Gasteiger partial charge in [-0.2, -0.15) is 5.10 Å². The minimum Gasteiger partial charge on any atom is -0.369 e. The molecule has 0 spiro atoms. The van der Waals surface area contributed by atoms with Gasteiger partial charge in [-0.15, -0.1) is 0 Å². The second kappa shape index (κ2) is 10.1. The molecule has 8 heteroatoms. The topological polar surface area (TPSA) is 75.4 Å². The number of aromatic nitrogens is 3. The van der Waals surface area contributed by atoms with E-state index in [1.807, 2.05) is 28.8 Å². The second-order valence-electron chi connectivity index (χ2n) is 9.76. The summed E-state index contributed by atoms with van der Waals surface area (Å²) < 4.78 is 3.13. The Bertz CT molecular complexity index is 1460. The number of carbonyl (C=O) groups excluding carboxylic acids is 1. The molecule has 0 bridgehead atoms. The summed E-state index contributed by atoms with van der Waals surface area (Å²) in [6.07, 6.45) is 2.60. The molecule has 1 amide bonds. The number of nitrogens with zero attached hydrogens (tertiary/aromatic N) is 5. The molecule has 4 aromatic rings. The van der Waals surface area contributed by atoms with E-state index in [4.69, 9.17) is 0 Å². The zero-order chi connectivity index (χ0) is 25.2. The number of para-hydroxylation sites is 1. The predicted octanol–water partition coefficient (Wildman–Crippen LogP) is 2.83. The Morgan fingerprint density at radius 1 is 1.03 bits per heavy atom. The third-order valence-corrected chi connectivity index (χ3v) is 7.22.